The van der Waals surface area contributed by atoms with Crippen molar-refractivity contribution in [1.29, 1.82) is 0 Å². The van der Waals surface area contributed by atoms with Crippen molar-refractivity contribution in [3.63, 3.8) is 0 Å². The molecular formula is C19H17FN2O3. The number of aromatic amines is 1. The highest BCUT2D eigenvalue weighted by atomic mass is 19.1. The molecule has 0 aliphatic carbocycles. The molecule has 128 valence electrons. The Bertz CT molecular complexity index is 982. The van der Waals surface area contributed by atoms with Crippen LogP contribution in [0.3, 0.4) is 0 Å². The molecule has 5 nitrogen and oxygen atoms in total. The van der Waals surface area contributed by atoms with E-state index in [1.807, 2.05) is 0 Å². The minimum atomic E-state index is -0.421. The van der Waals surface area contributed by atoms with E-state index >= 15 is 0 Å². The number of carbonyl (C=O) groups is 1. The molecule has 0 aliphatic heterocycles. The number of methoxy groups -OCH3 is 1. The van der Waals surface area contributed by atoms with Crippen LogP contribution in [0.5, 0.6) is 5.75 Å². The van der Waals surface area contributed by atoms with Gasteiger partial charge in [-0.3, -0.25) is 9.59 Å². The third kappa shape index (κ3) is 3.52. The fraction of sp³-hybridized carbons (Fsp3) is 0.158. The average molecular weight is 340 g/mol. The van der Waals surface area contributed by atoms with Crippen molar-refractivity contribution in [3.8, 4) is 5.75 Å². The van der Waals surface area contributed by atoms with Crippen LogP contribution in [0.1, 0.15) is 15.9 Å². The summed E-state index contributed by atoms with van der Waals surface area (Å²) >= 11 is 0. The molecule has 0 fully saturated rings. The highest BCUT2D eigenvalue weighted by Crippen LogP contribution is 2.18. The molecule has 0 bridgehead atoms. The molecule has 0 saturated heterocycles. The van der Waals surface area contributed by atoms with Crippen molar-refractivity contribution >= 4 is 16.7 Å². The van der Waals surface area contributed by atoms with E-state index in [1.54, 1.807) is 36.4 Å². The van der Waals surface area contributed by atoms with E-state index in [1.165, 1.54) is 19.4 Å². The third-order valence-corrected chi connectivity index (χ3v) is 3.97. The quantitative estimate of drug-likeness (QED) is 0.750. The highest BCUT2D eigenvalue weighted by molar-refractivity contribution is 6.06. The first kappa shape index (κ1) is 16.7. The van der Waals surface area contributed by atoms with Gasteiger partial charge in [0.05, 0.1) is 12.7 Å². The fourth-order valence-corrected chi connectivity index (χ4v) is 2.67. The Kier molecular flexibility index (Phi) is 4.79. The highest BCUT2D eigenvalue weighted by Gasteiger charge is 2.11. The van der Waals surface area contributed by atoms with Gasteiger partial charge in [0.2, 0.25) is 0 Å². The first-order valence-electron chi connectivity index (χ1n) is 7.81. The van der Waals surface area contributed by atoms with Gasteiger partial charge in [0.15, 0.2) is 11.6 Å². The molecule has 1 heterocycles. The molecule has 0 spiro atoms. The zero-order valence-corrected chi connectivity index (χ0v) is 13.6. The van der Waals surface area contributed by atoms with Gasteiger partial charge in [-0.15, -0.1) is 0 Å². The van der Waals surface area contributed by atoms with Crippen molar-refractivity contribution < 1.29 is 13.9 Å². The van der Waals surface area contributed by atoms with Crippen molar-refractivity contribution in [2.75, 3.05) is 13.7 Å². The summed E-state index contributed by atoms with van der Waals surface area (Å²) in [5, 5.41) is 3.89. The van der Waals surface area contributed by atoms with Gasteiger partial charge in [0.1, 0.15) is 0 Å². The normalized spacial score (nSPS) is 10.6. The van der Waals surface area contributed by atoms with E-state index in [0.29, 0.717) is 29.3 Å². The molecule has 2 N–H and O–H groups in total. The summed E-state index contributed by atoms with van der Waals surface area (Å²) in [4.78, 5) is 26.8. The number of ether oxygens (including phenoxy) is 1. The van der Waals surface area contributed by atoms with E-state index < -0.39 is 5.82 Å². The Morgan fingerprint density at radius 2 is 1.96 bits per heavy atom. The van der Waals surface area contributed by atoms with E-state index in [-0.39, 0.29) is 17.2 Å². The number of rotatable bonds is 5. The molecule has 2 aromatic carbocycles. The predicted octanol–water partition coefficient (Wildman–Crippen LogP) is 2.65. The number of pyridine rings is 1. The van der Waals surface area contributed by atoms with Gasteiger partial charge >= 0.3 is 0 Å². The number of carbonyl (C=O) groups excluding carboxylic acids is 1. The number of amides is 1. The second-order valence-electron chi connectivity index (χ2n) is 5.55. The first-order valence-corrected chi connectivity index (χ1v) is 7.81. The summed E-state index contributed by atoms with van der Waals surface area (Å²) in [5.74, 6) is -0.521. The van der Waals surface area contributed by atoms with E-state index in [9.17, 15) is 14.0 Å². The van der Waals surface area contributed by atoms with Crippen molar-refractivity contribution in [3.05, 3.63) is 76.0 Å². The maximum Gasteiger partial charge on any atom is 0.255 e. The van der Waals surface area contributed by atoms with Gasteiger partial charge in [-0.1, -0.05) is 24.3 Å². The van der Waals surface area contributed by atoms with Gasteiger partial charge < -0.3 is 15.0 Å². The van der Waals surface area contributed by atoms with Crippen molar-refractivity contribution in [2.45, 2.75) is 6.42 Å². The monoisotopic (exact) mass is 340 g/mol. The summed E-state index contributed by atoms with van der Waals surface area (Å²) in [6.45, 7) is 0.376. The number of aromatic nitrogens is 1. The standard InChI is InChI=1S/C19H17FN2O3/c1-25-17-10-12(6-7-16(17)20)8-9-21-19(24)15-11-22-18(23)14-5-3-2-4-13(14)15/h2-7,10-11H,8-9H2,1H3,(H,21,24)(H,22,23). The van der Waals surface area contributed by atoms with Gasteiger partial charge in [0, 0.05) is 23.5 Å². The van der Waals surface area contributed by atoms with Crippen molar-refractivity contribution in [1.82, 2.24) is 10.3 Å². The maximum absolute atomic E-state index is 13.4. The molecule has 0 unspecified atom stereocenters. The molecule has 0 radical (unpaired) electrons. The number of fused-ring (bicyclic) bond motifs is 1. The topological polar surface area (TPSA) is 71.2 Å². The van der Waals surface area contributed by atoms with E-state index in [4.69, 9.17) is 4.74 Å². The number of H-pyrrole nitrogens is 1. The number of benzene rings is 2. The van der Waals surface area contributed by atoms with Crippen LogP contribution in [-0.4, -0.2) is 24.5 Å². The molecular weight excluding hydrogens is 323 g/mol. The molecule has 0 aliphatic rings. The van der Waals surface area contributed by atoms with Crippen LogP contribution in [0.2, 0.25) is 0 Å². The lowest BCUT2D eigenvalue weighted by molar-refractivity contribution is 0.0955. The number of nitrogens with one attached hydrogen (secondary N) is 2. The molecule has 3 rings (SSSR count). The largest absolute Gasteiger partial charge is 0.494 e. The Labute approximate surface area is 143 Å². The fourth-order valence-electron chi connectivity index (χ4n) is 2.67. The first-order chi connectivity index (χ1) is 12.1. The zero-order chi connectivity index (χ0) is 17.8. The molecule has 1 amide bonds. The van der Waals surface area contributed by atoms with Gasteiger partial charge in [-0.25, -0.2) is 4.39 Å². The Balaban J connectivity index is 1.72. The Morgan fingerprint density at radius 1 is 1.20 bits per heavy atom. The third-order valence-electron chi connectivity index (χ3n) is 3.97. The molecule has 0 saturated carbocycles. The Morgan fingerprint density at radius 3 is 2.72 bits per heavy atom. The second-order valence-corrected chi connectivity index (χ2v) is 5.55. The van der Waals surface area contributed by atoms with Gasteiger partial charge in [0.25, 0.3) is 11.5 Å². The molecule has 0 atom stereocenters. The van der Waals surface area contributed by atoms with E-state index in [2.05, 4.69) is 10.3 Å². The molecule has 3 aromatic rings. The summed E-state index contributed by atoms with van der Waals surface area (Å²) in [7, 11) is 1.41. The second kappa shape index (κ2) is 7.17. The predicted molar refractivity (Wildman–Crippen MR) is 93.6 cm³/mol. The number of halogens is 1. The van der Waals surface area contributed by atoms with Crippen LogP contribution in [-0.2, 0) is 6.42 Å². The maximum atomic E-state index is 13.4. The van der Waals surface area contributed by atoms with E-state index in [0.717, 1.165) is 5.56 Å². The van der Waals surface area contributed by atoms with Crippen LogP contribution in [0.4, 0.5) is 4.39 Å². The SMILES string of the molecule is COc1cc(CCNC(=O)c2c[nH]c(=O)c3ccccc23)ccc1F. The van der Waals surface area contributed by atoms with Gasteiger partial charge in [-0.05, 0) is 30.2 Å². The summed E-state index contributed by atoms with van der Waals surface area (Å²) < 4.78 is 18.3. The minimum Gasteiger partial charge on any atom is -0.494 e. The Hall–Kier alpha value is -3.15. The van der Waals surface area contributed by atoms with Crippen LogP contribution in [0.25, 0.3) is 10.8 Å². The van der Waals surface area contributed by atoms with Crippen LogP contribution in [0.15, 0.2) is 53.5 Å². The lowest BCUT2D eigenvalue weighted by Gasteiger charge is -2.09. The molecule has 25 heavy (non-hydrogen) atoms. The van der Waals surface area contributed by atoms with Crippen LogP contribution in [0, 0.1) is 5.82 Å². The minimum absolute atomic E-state index is 0.176. The van der Waals surface area contributed by atoms with Crippen molar-refractivity contribution in [2.24, 2.45) is 0 Å². The number of hydrogen-bond donors (Lipinski definition) is 2. The van der Waals surface area contributed by atoms with Crippen LogP contribution < -0.4 is 15.6 Å². The number of hydrogen-bond acceptors (Lipinski definition) is 3. The molecule has 1 aromatic heterocycles. The average Bonchev–Trinajstić information content (AvgIpc) is 2.63. The van der Waals surface area contributed by atoms with Crippen LogP contribution >= 0.6 is 0 Å². The zero-order valence-electron chi connectivity index (χ0n) is 13.6. The molecule has 6 heteroatoms. The summed E-state index contributed by atoms with van der Waals surface area (Å²) in [5.41, 5.74) is 1.03. The summed E-state index contributed by atoms with van der Waals surface area (Å²) in [6, 6.07) is 11.5. The van der Waals surface area contributed by atoms with Gasteiger partial charge in [-0.2, -0.15) is 0 Å². The lowest BCUT2D eigenvalue weighted by Crippen LogP contribution is -2.26. The summed E-state index contributed by atoms with van der Waals surface area (Å²) in [6.07, 6.45) is 1.95. The smallest absolute Gasteiger partial charge is 0.255 e. The lowest BCUT2D eigenvalue weighted by atomic mass is 10.1.